The number of hydrogen-bond donors (Lipinski definition) is 2. The molecule has 4 aromatic rings. The minimum absolute atomic E-state index is 0.0766. The molecule has 0 fully saturated rings. The van der Waals surface area contributed by atoms with Gasteiger partial charge in [-0.05, 0) is 54.6 Å². The van der Waals surface area contributed by atoms with Gasteiger partial charge in [-0.25, -0.2) is 4.79 Å². The summed E-state index contributed by atoms with van der Waals surface area (Å²) in [6.07, 6.45) is -4.50. The topological polar surface area (TPSA) is 67.4 Å². The zero-order valence-corrected chi connectivity index (χ0v) is 20.1. The number of amides is 1. The highest BCUT2D eigenvalue weighted by molar-refractivity contribution is 7.99. The fourth-order valence-corrected chi connectivity index (χ4v) is 4.29. The molecule has 4 rings (SSSR count). The summed E-state index contributed by atoms with van der Waals surface area (Å²) in [6, 6.07) is 27.8. The van der Waals surface area contributed by atoms with Gasteiger partial charge in [-0.1, -0.05) is 60.3 Å². The highest BCUT2D eigenvalue weighted by Crippen LogP contribution is 2.34. The number of carbonyl (C=O) groups excluding carboxylic acids is 2. The van der Waals surface area contributed by atoms with Gasteiger partial charge in [-0.2, -0.15) is 13.2 Å². The average Bonchev–Trinajstić information content (AvgIpc) is 2.89. The molecule has 0 aliphatic carbocycles. The second-order valence-corrected chi connectivity index (χ2v) is 8.90. The number of halogens is 3. The number of rotatable bonds is 8. The lowest BCUT2D eigenvalue weighted by molar-refractivity contribution is -0.137. The van der Waals surface area contributed by atoms with Gasteiger partial charge in [0.15, 0.2) is 6.61 Å². The maximum absolute atomic E-state index is 13.0. The van der Waals surface area contributed by atoms with Crippen molar-refractivity contribution >= 4 is 40.7 Å². The Morgan fingerprint density at radius 3 is 2.22 bits per heavy atom. The Bertz CT molecular complexity index is 1390. The van der Waals surface area contributed by atoms with E-state index in [9.17, 15) is 22.8 Å². The van der Waals surface area contributed by atoms with E-state index < -0.39 is 30.2 Å². The van der Waals surface area contributed by atoms with Crippen LogP contribution >= 0.6 is 11.8 Å². The zero-order chi connectivity index (χ0) is 26.3. The molecule has 188 valence electrons. The number of alkyl halides is 3. The summed E-state index contributed by atoms with van der Waals surface area (Å²) in [7, 11) is 0. The molecule has 5 nitrogen and oxygen atoms in total. The molecular formula is C28H21F3N2O3S. The zero-order valence-electron chi connectivity index (χ0n) is 19.3. The average molecular weight is 523 g/mol. The highest BCUT2D eigenvalue weighted by atomic mass is 32.2. The van der Waals surface area contributed by atoms with E-state index in [4.69, 9.17) is 4.74 Å². The number of esters is 1. The number of benzene rings is 4. The summed E-state index contributed by atoms with van der Waals surface area (Å²) in [5.74, 6) is -1.32. The Morgan fingerprint density at radius 2 is 1.46 bits per heavy atom. The van der Waals surface area contributed by atoms with Crippen molar-refractivity contribution in [2.45, 2.75) is 16.0 Å². The Balaban J connectivity index is 1.40. The first-order chi connectivity index (χ1) is 17.8. The van der Waals surface area contributed by atoms with E-state index in [0.717, 1.165) is 21.9 Å². The molecule has 9 heteroatoms. The molecule has 0 aliphatic heterocycles. The molecule has 0 heterocycles. The van der Waals surface area contributed by atoms with Gasteiger partial charge in [-0.15, -0.1) is 0 Å². The SMILES string of the molecule is O=C(COC(=O)c1ccccc1Nc1cccc(C(F)(F)F)c1)Nc1ccccc1Sc1ccccc1. The van der Waals surface area contributed by atoms with E-state index in [1.54, 1.807) is 24.3 Å². The van der Waals surface area contributed by atoms with Crippen LogP contribution in [0.25, 0.3) is 0 Å². The number of ether oxygens (including phenoxy) is 1. The molecule has 0 bridgehead atoms. The van der Waals surface area contributed by atoms with Crippen molar-refractivity contribution in [1.29, 1.82) is 0 Å². The number of anilines is 3. The molecule has 0 radical (unpaired) electrons. The molecule has 0 aliphatic rings. The third-order valence-corrected chi connectivity index (χ3v) is 6.17. The van der Waals surface area contributed by atoms with E-state index in [1.807, 2.05) is 42.5 Å². The van der Waals surface area contributed by atoms with Gasteiger partial charge in [0.25, 0.3) is 5.91 Å². The van der Waals surface area contributed by atoms with Crippen LogP contribution in [0.2, 0.25) is 0 Å². The van der Waals surface area contributed by atoms with Gasteiger partial charge in [0.1, 0.15) is 0 Å². The molecule has 4 aromatic carbocycles. The first-order valence-electron chi connectivity index (χ1n) is 11.1. The third kappa shape index (κ3) is 7.14. The number of nitrogens with one attached hydrogen (secondary N) is 2. The summed E-state index contributed by atoms with van der Waals surface area (Å²) in [6.45, 7) is -0.541. The standard InChI is InChI=1S/C28H21F3N2O3S/c29-28(30,31)19-9-8-10-20(17-19)32-23-14-5-4-13-22(23)27(35)36-18-26(34)33-24-15-6-7-16-25(24)37-21-11-2-1-3-12-21/h1-17,32H,18H2,(H,33,34). The molecule has 0 saturated carbocycles. The first kappa shape index (κ1) is 25.8. The fourth-order valence-electron chi connectivity index (χ4n) is 3.37. The lowest BCUT2D eigenvalue weighted by Gasteiger charge is -2.14. The Hall–Kier alpha value is -4.24. The molecule has 0 atom stereocenters. The van der Waals surface area contributed by atoms with Gasteiger partial charge in [0, 0.05) is 15.5 Å². The number of hydrogen-bond acceptors (Lipinski definition) is 5. The van der Waals surface area contributed by atoms with Crippen molar-refractivity contribution in [1.82, 2.24) is 0 Å². The van der Waals surface area contributed by atoms with Crippen LogP contribution in [0.1, 0.15) is 15.9 Å². The minimum atomic E-state index is -4.50. The van der Waals surface area contributed by atoms with Gasteiger partial charge >= 0.3 is 12.1 Å². The summed E-state index contributed by atoms with van der Waals surface area (Å²) in [5.41, 5.74) is 0.230. The van der Waals surface area contributed by atoms with Crippen molar-refractivity contribution in [2.24, 2.45) is 0 Å². The quantitative estimate of drug-likeness (QED) is 0.236. The van der Waals surface area contributed by atoms with Crippen LogP contribution < -0.4 is 10.6 Å². The second kappa shape index (κ2) is 11.7. The van der Waals surface area contributed by atoms with Crippen LogP contribution in [0, 0.1) is 0 Å². The Morgan fingerprint density at radius 1 is 0.784 bits per heavy atom. The normalized spacial score (nSPS) is 11.0. The molecule has 0 saturated heterocycles. The van der Waals surface area contributed by atoms with E-state index in [1.165, 1.54) is 36.0 Å². The molecule has 1 amide bonds. The van der Waals surface area contributed by atoms with Crippen LogP contribution in [-0.2, 0) is 15.7 Å². The highest BCUT2D eigenvalue weighted by Gasteiger charge is 2.30. The Labute approximate surface area is 215 Å². The smallest absolute Gasteiger partial charge is 0.416 e. The first-order valence-corrected chi connectivity index (χ1v) is 11.9. The summed E-state index contributed by atoms with van der Waals surface area (Å²) in [4.78, 5) is 27.1. The monoisotopic (exact) mass is 522 g/mol. The third-order valence-electron chi connectivity index (χ3n) is 5.08. The number of para-hydroxylation sites is 2. The summed E-state index contributed by atoms with van der Waals surface area (Å²) in [5, 5.41) is 5.57. The Kier molecular flexibility index (Phi) is 8.15. The lowest BCUT2D eigenvalue weighted by Crippen LogP contribution is -2.21. The van der Waals surface area contributed by atoms with Crippen molar-refractivity contribution in [2.75, 3.05) is 17.2 Å². The van der Waals surface area contributed by atoms with E-state index in [2.05, 4.69) is 10.6 Å². The van der Waals surface area contributed by atoms with Crippen LogP contribution in [-0.4, -0.2) is 18.5 Å². The van der Waals surface area contributed by atoms with E-state index >= 15 is 0 Å². The predicted molar refractivity (Wildman–Crippen MR) is 137 cm³/mol. The van der Waals surface area contributed by atoms with E-state index in [-0.39, 0.29) is 16.9 Å². The van der Waals surface area contributed by atoms with E-state index in [0.29, 0.717) is 5.69 Å². The van der Waals surface area contributed by atoms with Crippen molar-refractivity contribution < 1.29 is 27.5 Å². The minimum Gasteiger partial charge on any atom is -0.452 e. The predicted octanol–water partition coefficient (Wildman–Crippen LogP) is 7.40. The van der Waals surface area contributed by atoms with Crippen molar-refractivity contribution in [3.63, 3.8) is 0 Å². The molecule has 2 N–H and O–H groups in total. The second-order valence-electron chi connectivity index (χ2n) is 7.78. The molecule has 0 aromatic heterocycles. The molecule has 0 spiro atoms. The van der Waals surface area contributed by atoms with Crippen molar-refractivity contribution in [3.05, 3.63) is 114 Å². The van der Waals surface area contributed by atoms with Gasteiger partial charge < -0.3 is 15.4 Å². The molecular weight excluding hydrogens is 501 g/mol. The van der Waals surface area contributed by atoms with Gasteiger partial charge in [0.2, 0.25) is 0 Å². The van der Waals surface area contributed by atoms with Crippen LogP contribution in [0.15, 0.2) is 113 Å². The fraction of sp³-hybridized carbons (Fsp3) is 0.0714. The molecule has 0 unspecified atom stereocenters. The van der Waals surface area contributed by atoms with Crippen molar-refractivity contribution in [3.8, 4) is 0 Å². The summed E-state index contributed by atoms with van der Waals surface area (Å²) >= 11 is 1.48. The van der Waals surface area contributed by atoms with Crippen LogP contribution in [0.4, 0.5) is 30.2 Å². The lowest BCUT2D eigenvalue weighted by atomic mass is 10.1. The maximum Gasteiger partial charge on any atom is 0.416 e. The maximum atomic E-state index is 13.0. The van der Waals surface area contributed by atoms with Gasteiger partial charge in [0.05, 0.1) is 22.5 Å². The molecule has 37 heavy (non-hydrogen) atoms. The number of carbonyl (C=O) groups is 2. The largest absolute Gasteiger partial charge is 0.452 e. The van der Waals surface area contributed by atoms with Crippen LogP contribution in [0.5, 0.6) is 0 Å². The van der Waals surface area contributed by atoms with Crippen LogP contribution in [0.3, 0.4) is 0 Å². The summed E-state index contributed by atoms with van der Waals surface area (Å²) < 4.78 is 44.3. The van der Waals surface area contributed by atoms with Gasteiger partial charge in [-0.3, -0.25) is 4.79 Å².